The van der Waals surface area contributed by atoms with Crippen molar-refractivity contribution in [2.24, 2.45) is 0 Å². The van der Waals surface area contributed by atoms with E-state index < -0.39 is 11.1 Å². The highest BCUT2D eigenvalue weighted by atomic mass is 16.3. The van der Waals surface area contributed by atoms with Crippen molar-refractivity contribution >= 4 is 28.5 Å². The summed E-state index contributed by atoms with van der Waals surface area (Å²) in [4.78, 5) is 38.3. The fraction of sp³-hybridized carbons (Fsp3) is 0.222. The van der Waals surface area contributed by atoms with E-state index in [4.69, 9.17) is 4.98 Å². The van der Waals surface area contributed by atoms with Crippen LogP contribution in [-0.2, 0) is 15.1 Å². The van der Waals surface area contributed by atoms with Crippen molar-refractivity contribution in [3.8, 4) is 28.5 Å². The van der Waals surface area contributed by atoms with Gasteiger partial charge in [-0.25, -0.2) is 9.97 Å². The lowest BCUT2D eigenvalue weighted by Gasteiger charge is -2.55. The number of carbonyl (C=O) groups excluding carboxylic acids is 2. The summed E-state index contributed by atoms with van der Waals surface area (Å²) in [6, 6.07) is 22.0. The number of aliphatic hydroxyl groups is 1. The van der Waals surface area contributed by atoms with Crippen molar-refractivity contribution in [2.75, 3.05) is 0 Å². The van der Waals surface area contributed by atoms with Crippen LogP contribution >= 0.6 is 0 Å². The topological polar surface area (TPSA) is 124 Å². The van der Waals surface area contributed by atoms with Gasteiger partial charge in [-0.3, -0.25) is 14.5 Å². The summed E-state index contributed by atoms with van der Waals surface area (Å²) in [5.41, 5.74) is 5.32. The van der Waals surface area contributed by atoms with Gasteiger partial charge in [-0.1, -0.05) is 66.7 Å². The molecule has 2 amide bonds. The number of nitrogens with zero attached hydrogens (tertiary/aromatic N) is 6. The van der Waals surface area contributed by atoms with Gasteiger partial charge in [0.1, 0.15) is 11.6 Å². The Kier molecular flexibility index (Phi) is 5.74. The van der Waals surface area contributed by atoms with Crippen molar-refractivity contribution < 1.29 is 14.7 Å². The standard InChI is InChI=1S/C36H28N6O3/c1-21-29(17-37)32-38-18-24-16-28(22-8-4-3-5-9-22)30(39-31(24)42(32)40-21)23-12-14-25(15-13-23)36(19-35(2,45)20-36)41-33(43)26-10-6-7-11-27(26)34(41)44/h3-6,8-10,12-16,18,45H,7,11,19-20H2,1-2H3/t35-,36-. The highest BCUT2D eigenvalue weighted by molar-refractivity contribution is 6.21. The Bertz CT molecular complexity index is 2200. The molecule has 45 heavy (non-hydrogen) atoms. The molecule has 220 valence electrons. The van der Waals surface area contributed by atoms with Crippen LogP contribution in [0.4, 0.5) is 0 Å². The number of aromatic nitrogens is 4. The maximum atomic E-state index is 13.6. The minimum absolute atomic E-state index is 0.259. The Hall–Kier alpha value is -5.46. The zero-order chi connectivity index (χ0) is 31.1. The van der Waals surface area contributed by atoms with Gasteiger partial charge in [-0.05, 0) is 43.9 Å². The summed E-state index contributed by atoms with van der Waals surface area (Å²) in [6.45, 7) is 3.52. The summed E-state index contributed by atoms with van der Waals surface area (Å²) >= 11 is 0. The van der Waals surface area contributed by atoms with Crippen LogP contribution in [0.5, 0.6) is 0 Å². The molecule has 0 bridgehead atoms. The van der Waals surface area contributed by atoms with Crippen LogP contribution in [0.15, 0.2) is 90.2 Å². The van der Waals surface area contributed by atoms with Crippen molar-refractivity contribution in [1.82, 2.24) is 24.5 Å². The van der Waals surface area contributed by atoms with Crippen LogP contribution in [0.3, 0.4) is 0 Å². The summed E-state index contributed by atoms with van der Waals surface area (Å²) in [7, 11) is 0. The molecule has 3 aliphatic rings. The largest absolute Gasteiger partial charge is 0.390 e. The monoisotopic (exact) mass is 592 g/mol. The molecule has 3 aromatic heterocycles. The molecule has 8 rings (SSSR count). The van der Waals surface area contributed by atoms with Crippen LogP contribution in [0.2, 0.25) is 0 Å². The number of rotatable bonds is 4. The third-order valence-electron chi connectivity index (χ3n) is 9.33. The van der Waals surface area contributed by atoms with E-state index in [-0.39, 0.29) is 24.7 Å². The predicted molar refractivity (Wildman–Crippen MR) is 167 cm³/mol. The molecule has 0 spiro atoms. The maximum absolute atomic E-state index is 13.6. The first-order valence-corrected chi connectivity index (χ1v) is 15.0. The van der Waals surface area contributed by atoms with E-state index in [1.165, 1.54) is 4.90 Å². The number of amides is 2. The van der Waals surface area contributed by atoms with Gasteiger partial charge in [-0.15, -0.1) is 0 Å². The SMILES string of the molecule is Cc1nn2c(ncc3cc(-c4ccccc4)c(-c4ccc([C@]5(N6C(=O)C7=C(CCC=C7)C6=O)C[C@](C)(O)C5)cc4)nc32)c1C#N. The second kappa shape index (κ2) is 9.52. The predicted octanol–water partition coefficient (Wildman–Crippen LogP) is 5.55. The molecular weight excluding hydrogens is 564 g/mol. The third-order valence-corrected chi connectivity index (χ3v) is 9.33. The molecular formula is C36H28N6O3. The van der Waals surface area contributed by atoms with Crippen LogP contribution in [0, 0.1) is 18.3 Å². The summed E-state index contributed by atoms with van der Waals surface area (Å²) in [5, 5.41) is 26.0. The molecule has 0 radical (unpaired) electrons. The molecule has 1 fully saturated rings. The maximum Gasteiger partial charge on any atom is 0.262 e. The highest BCUT2D eigenvalue weighted by Crippen LogP contribution is 2.55. The van der Waals surface area contributed by atoms with E-state index in [1.807, 2.05) is 66.7 Å². The molecule has 1 aliphatic heterocycles. The van der Waals surface area contributed by atoms with Crippen molar-refractivity contribution in [3.63, 3.8) is 0 Å². The average molecular weight is 593 g/mol. The van der Waals surface area contributed by atoms with Crippen molar-refractivity contribution in [3.05, 3.63) is 107 Å². The number of imide groups is 1. The number of aryl methyl sites for hydroxylation is 1. The zero-order valence-electron chi connectivity index (χ0n) is 24.8. The summed E-state index contributed by atoms with van der Waals surface area (Å²) in [5.74, 6) is -0.553. The number of benzene rings is 2. The van der Waals surface area contributed by atoms with Crippen LogP contribution in [0.1, 0.15) is 49.4 Å². The smallest absolute Gasteiger partial charge is 0.262 e. The molecule has 9 nitrogen and oxygen atoms in total. The average Bonchev–Trinajstić information content (AvgIpc) is 3.51. The molecule has 4 heterocycles. The van der Waals surface area contributed by atoms with Gasteiger partial charge in [0, 0.05) is 46.7 Å². The molecule has 9 heteroatoms. The Morgan fingerprint density at radius 2 is 1.73 bits per heavy atom. The second-order valence-corrected chi connectivity index (χ2v) is 12.5. The van der Waals surface area contributed by atoms with Crippen LogP contribution in [0.25, 0.3) is 39.1 Å². The van der Waals surface area contributed by atoms with Gasteiger partial charge in [0.15, 0.2) is 11.3 Å². The van der Waals surface area contributed by atoms with Gasteiger partial charge < -0.3 is 5.11 Å². The first-order valence-electron chi connectivity index (χ1n) is 15.0. The van der Waals surface area contributed by atoms with Gasteiger partial charge in [0.05, 0.1) is 22.5 Å². The number of hydrogen-bond acceptors (Lipinski definition) is 7. The molecule has 0 unspecified atom stereocenters. The van der Waals surface area contributed by atoms with E-state index in [0.29, 0.717) is 45.8 Å². The van der Waals surface area contributed by atoms with Gasteiger partial charge >= 0.3 is 0 Å². The number of fused-ring (bicyclic) bond motifs is 3. The first kappa shape index (κ1) is 27.1. The zero-order valence-corrected chi connectivity index (χ0v) is 24.8. The molecule has 2 aliphatic carbocycles. The van der Waals surface area contributed by atoms with E-state index in [0.717, 1.165) is 34.1 Å². The quantitative estimate of drug-likeness (QED) is 0.272. The normalized spacial score (nSPS) is 22.7. The molecule has 1 saturated carbocycles. The first-order chi connectivity index (χ1) is 21.7. The minimum Gasteiger partial charge on any atom is -0.390 e. The number of allylic oxidation sites excluding steroid dienone is 1. The molecule has 2 aromatic carbocycles. The van der Waals surface area contributed by atoms with E-state index in [1.54, 1.807) is 30.6 Å². The fourth-order valence-corrected chi connectivity index (χ4v) is 7.35. The molecule has 0 saturated heterocycles. The van der Waals surface area contributed by atoms with Gasteiger partial charge in [0.25, 0.3) is 11.8 Å². The number of nitriles is 1. The third kappa shape index (κ3) is 3.92. The Morgan fingerprint density at radius 3 is 2.42 bits per heavy atom. The number of pyridine rings is 1. The van der Waals surface area contributed by atoms with Crippen LogP contribution < -0.4 is 0 Å². The van der Waals surface area contributed by atoms with Crippen LogP contribution in [-0.4, -0.2) is 47.0 Å². The lowest BCUT2D eigenvalue weighted by Crippen LogP contribution is -2.63. The Morgan fingerprint density at radius 1 is 0.978 bits per heavy atom. The lowest BCUT2D eigenvalue weighted by atomic mass is 9.61. The Labute approximate surface area is 258 Å². The molecule has 5 aromatic rings. The van der Waals surface area contributed by atoms with E-state index >= 15 is 0 Å². The summed E-state index contributed by atoms with van der Waals surface area (Å²) < 4.78 is 1.62. The summed E-state index contributed by atoms with van der Waals surface area (Å²) in [6.07, 6.45) is 7.20. The van der Waals surface area contributed by atoms with E-state index in [2.05, 4.69) is 16.2 Å². The Balaban J connectivity index is 1.27. The van der Waals surface area contributed by atoms with Crippen molar-refractivity contribution in [1.29, 1.82) is 5.26 Å². The van der Waals surface area contributed by atoms with Gasteiger partial charge in [0.2, 0.25) is 0 Å². The molecule has 1 N–H and O–H groups in total. The molecule has 0 atom stereocenters. The number of hydrogen-bond donors (Lipinski definition) is 1. The van der Waals surface area contributed by atoms with E-state index in [9.17, 15) is 20.0 Å². The highest BCUT2D eigenvalue weighted by Gasteiger charge is 2.61. The van der Waals surface area contributed by atoms with Gasteiger partial charge in [-0.2, -0.15) is 14.9 Å². The lowest BCUT2D eigenvalue weighted by molar-refractivity contribution is -0.170. The minimum atomic E-state index is -0.998. The fourth-order valence-electron chi connectivity index (χ4n) is 7.35. The second-order valence-electron chi connectivity index (χ2n) is 12.5. The number of carbonyl (C=O) groups is 2. The van der Waals surface area contributed by atoms with Crippen molar-refractivity contribution in [2.45, 2.75) is 50.7 Å².